The van der Waals surface area contributed by atoms with Gasteiger partial charge in [0, 0.05) is 11.0 Å². The molecule has 2 aromatic carbocycles. The van der Waals surface area contributed by atoms with Crippen LogP contribution in [0.3, 0.4) is 0 Å². The molecule has 0 saturated carbocycles. The maximum absolute atomic E-state index is 3.60. The van der Waals surface area contributed by atoms with E-state index in [0.29, 0.717) is 6.04 Å². The van der Waals surface area contributed by atoms with Crippen molar-refractivity contribution in [2.45, 2.75) is 12.5 Å². The van der Waals surface area contributed by atoms with Crippen molar-refractivity contribution < 1.29 is 0 Å². The Kier molecular flexibility index (Phi) is 3.00. The number of fused-ring (bicyclic) bond motifs is 1. The number of hydrogen-bond donors (Lipinski definition) is 1. The summed E-state index contributed by atoms with van der Waals surface area (Å²) < 4.78 is 1.13. The number of nitrogens with one attached hydrogen (secondary N) is 1. The molecule has 0 aliphatic carbocycles. The third kappa shape index (κ3) is 2.15. The minimum absolute atomic E-state index is 0.341. The number of halogens is 1. The first-order valence-electron chi connectivity index (χ1n) is 5.91. The molecule has 2 heteroatoms. The Bertz CT molecular complexity index is 519. The Morgan fingerprint density at radius 3 is 2.59 bits per heavy atom. The van der Waals surface area contributed by atoms with Gasteiger partial charge in [-0.25, -0.2) is 0 Å². The van der Waals surface area contributed by atoms with Crippen molar-refractivity contribution in [3.63, 3.8) is 0 Å². The summed E-state index contributed by atoms with van der Waals surface area (Å²) in [6.45, 7) is 1.05. The van der Waals surface area contributed by atoms with E-state index in [1.807, 2.05) is 0 Å². The SMILES string of the molecule is Brc1ccc([C@@H]2NCCc3ccccc32)cc1. The smallest absolute Gasteiger partial charge is 0.0579 e. The Balaban J connectivity index is 2.03. The van der Waals surface area contributed by atoms with E-state index in [9.17, 15) is 0 Å². The topological polar surface area (TPSA) is 12.0 Å². The predicted octanol–water partition coefficient (Wildman–Crippen LogP) is 3.68. The van der Waals surface area contributed by atoms with E-state index in [0.717, 1.165) is 17.4 Å². The predicted molar refractivity (Wildman–Crippen MR) is 74.1 cm³/mol. The molecule has 17 heavy (non-hydrogen) atoms. The molecule has 86 valence electrons. The largest absolute Gasteiger partial charge is 0.306 e. The fraction of sp³-hybridized carbons (Fsp3) is 0.200. The fourth-order valence-electron chi connectivity index (χ4n) is 2.46. The second-order valence-electron chi connectivity index (χ2n) is 4.39. The van der Waals surface area contributed by atoms with Crippen LogP contribution in [0, 0.1) is 0 Å². The second-order valence-corrected chi connectivity index (χ2v) is 5.30. The third-order valence-corrected chi connectivity index (χ3v) is 3.84. The van der Waals surface area contributed by atoms with Crippen LogP contribution < -0.4 is 5.32 Å². The molecule has 0 amide bonds. The first-order chi connectivity index (χ1) is 8.34. The summed E-state index contributed by atoms with van der Waals surface area (Å²) in [5.74, 6) is 0. The van der Waals surface area contributed by atoms with Crippen LogP contribution in [0.15, 0.2) is 53.0 Å². The quantitative estimate of drug-likeness (QED) is 0.844. The Hall–Kier alpha value is -1.12. The van der Waals surface area contributed by atoms with Gasteiger partial charge in [0.15, 0.2) is 0 Å². The van der Waals surface area contributed by atoms with Crippen molar-refractivity contribution in [3.05, 3.63) is 69.7 Å². The zero-order valence-electron chi connectivity index (χ0n) is 9.49. The van der Waals surface area contributed by atoms with Crippen molar-refractivity contribution in [3.8, 4) is 0 Å². The second kappa shape index (κ2) is 4.63. The van der Waals surface area contributed by atoms with E-state index >= 15 is 0 Å². The highest BCUT2D eigenvalue weighted by Crippen LogP contribution is 2.29. The zero-order valence-corrected chi connectivity index (χ0v) is 11.1. The molecule has 3 rings (SSSR count). The molecule has 0 saturated heterocycles. The molecular weight excluding hydrogens is 274 g/mol. The molecule has 0 unspecified atom stereocenters. The number of rotatable bonds is 1. The van der Waals surface area contributed by atoms with Gasteiger partial charge in [-0.2, -0.15) is 0 Å². The van der Waals surface area contributed by atoms with Crippen LogP contribution in [0.1, 0.15) is 22.7 Å². The number of hydrogen-bond acceptors (Lipinski definition) is 1. The van der Waals surface area contributed by atoms with Crippen molar-refractivity contribution in [2.24, 2.45) is 0 Å². The van der Waals surface area contributed by atoms with E-state index in [2.05, 4.69) is 69.8 Å². The van der Waals surface area contributed by atoms with Crippen molar-refractivity contribution in [1.29, 1.82) is 0 Å². The maximum atomic E-state index is 3.60. The molecule has 2 aromatic rings. The lowest BCUT2D eigenvalue weighted by molar-refractivity contribution is 0.568. The van der Waals surface area contributed by atoms with E-state index in [1.54, 1.807) is 0 Å². The lowest BCUT2D eigenvalue weighted by atomic mass is 9.90. The lowest BCUT2D eigenvalue weighted by Gasteiger charge is -2.27. The van der Waals surface area contributed by atoms with Crippen molar-refractivity contribution >= 4 is 15.9 Å². The molecule has 1 aliphatic heterocycles. The van der Waals surface area contributed by atoms with Gasteiger partial charge in [-0.05, 0) is 35.2 Å². The van der Waals surface area contributed by atoms with Gasteiger partial charge in [0.05, 0.1) is 6.04 Å². The highest BCUT2D eigenvalue weighted by atomic mass is 79.9. The van der Waals surface area contributed by atoms with Gasteiger partial charge in [0.1, 0.15) is 0 Å². The van der Waals surface area contributed by atoms with Crippen LogP contribution in [0.2, 0.25) is 0 Å². The van der Waals surface area contributed by atoms with Crippen LogP contribution in [-0.4, -0.2) is 6.54 Å². The van der Waals surface area contributed by atoms with Gasteiger partial charge < -0.3 is 5.32 Å². The first kappa shape index (κ1) is 11.0. The third-order valence-electron chi connectivity index (χ3n) is 3.31. The van der Waals surface area contributed by atoms with Crippen LogP contribution in [0.25, 0.3) is 0 Å². The minimum atomic E-state index is 0.341. The summed E-state index contributed by atoms with van der Waals surface area (Å²) in [4.78, 5) is 0. The first-order valence-corrected chi connectivity index (χ1v) is 6.70. The molecule has 1 aliphatic rings. The molecule has 0 aromatic heterocycles. The van der Waals surface area contributed by atoms with Gasteiger partial charge in [-0.3, -0.25) is 0 Å². The lowest BCUT2D eigenvalue weighted by Crippen LogP contribution is -2.30. The highest BCUT2D eigenvalue weighted by molar-refractivity contribution is 9.10. The monoisotopic (exact) mass is 287 g/mol. The summed E-state index contributed by atoms with van der Waals surface area (Å²) in [6, 6.07) is 17.6. The van der Waals surface area contributed by atoms with Gasteiger partial charge in [-0.1, -0.05) is 52.3 Å². The molecule has 1 N–H and O–H groups in total. The fourth-order valence-corrected chi connectivity index (χ4v) is 2.72. The molecule has 0 bridgehead atoms. The Morgan fingerprint density at radius 2 is 1.76 bits per heavy atom. The molecule has 0 radical (unpaired) electrons. The van der Waals surface area contributed by atoms with Crippen LogP contribution in [-0.2, 0) is 6.42 Å². The molecule has 0 spiro atoms. The summed E-state index contributed by atoms with van der Waals surface area (Å²) in [5, 5.41) is 3.60. The molecule has 0 fully saturated rings. The average molecular weight is 288 g/mol. The van der Waals surface area contributed by atoms with Crippen molar-refractivity contribution in [2.75, 3.05) is 6.54 Å². The van der Waals surface area contributed by atoms with Crippen molar-refractivity contribution in [1.82, 2.24) is 5.32 Å². The van der Waals surface area contributed by atoms with Gasteiger partial charge in [0.2, 0.25) is 0 Å². The Morgan fingerprint density at radius 1 is 1.00 bits per heavy atom. The van der Waals surface area contributed by atoms with Crippen LogP contribution in [0.4, 0.5) is 0 Å². The van der Waals surface area contributed by atoms with E-state index < -0.39 is 0 Å². The maximum Gasteiger partial charge on any atom is 0.0579 e. The summed E-state index contributed by atoms with van der Waals surface area (Å²) in [5.41, 5.74) is 4.22. The molecular formula is C15H14BrN. The van der Waals surface area contributed by atoms with Crippen LogP contribution >= 0.6 is 15.9 Å². The summed E-state index contributed by atoms with van der Waals surface area (Å²) >= 11 is 3.48. The zero-order chi connectivity index (χ0) is 11.7. The van der Waals surface area contributed by atoms with E-state index in [4.69, 9.17) is 0 Å². The summed E-state index contributed by atoms with van der Waals surface area (Å²) in [6.07, 6.45) is 1.13. The van der Waals surface area contributed by atoms with E-state index in [-0.39, 0.29) is 0 Å². The van der Waals surface area contributed by atoms with Gasteiger partial charge in [-0.15, -0.1) is 0 Å². The molecule has 1 atom stereocenters. The minimum Gasteiger partial charge on any atom is -0.306 e. The molecule has 1 heterocycles. The van der Waals surface area contributed by atoms with Crippen LogP contribution in [0.5, 0.6) is 0 Å². The van der Waals surface area contributed by atoms with Gasteiger partial charge in [0.25, 0.3) is 0 Å². The summed E-state index contributed by atoms with van der Waals surface area (Å²) in [7, 11) is 0. The standard InChI is InChI=1S/C15H14BrN/c16-13-7-5-12(6-8-13)15-14-4-2-1-3-11(14)9-10-17-15/h1-8,15,17H,9-10H2/t15-/m0/s1. The van der Waals surface area contributed by atoms with E-state index in [1.165, 1.54) is 16.7 Å². The molecule has 1 nitrogen and oxygen atoms in total. The number of benzene rings is 2. The average Bonchev–Trinajstić information content (AvgIpc) is 2.39. The van der Waals surface area contributed by atoms with Gasteiger partial charge >= 0.3 is 0 Å². The Labute approximate surface area is 110 Å². The normalized spacial score (nSPS) is 18.8. The highest BCUT2D eigenvalue weighted by Gasteiger charge is 2.20.